The van der Waals surface area contributed by atoms with Crippen molar-refractivity contribution in [2.75, 3.05) is 4.90 Å². The van der Waals surface area contributed by atoms with Gasteiger partial charge in [0.15, 0.2) is 0 Å². The Hall–Kier alpha value is -7.26. The molecule has 0 N–H and O–H groups in total. The molecule has 0 radical (unpaired) electrons. The fourth-order valence-corrected chi connectivity index (χ4v) is 9.93. The van der Waals surface area contributed by atoms with Gasteiger partial charge in [-0.2, -0.15) is 0 Å². The van der Waals surface area contributed by atoms with Crippen molar-refractivity contribution in [1.29, 1.82) is 0 Å². The van der Waals surface area contributed by atoms with Gasteiger partial charge in [-0.3, -0.25) is 0 Å². The van der Waals surface area contributed by atoms with Crippen molar-refractivity contribution < 1.29 is 0 Å². The van der Waals surface area contributed by atoms with E-state index in [-0.39, 0.29) is 0 Å². The van der Waals surface area contributed by atoms with Crippen molar-refractivity contribution >= 4 is 70.1 Å². The predicted octanol–water partition coefficient (Wildman–Crippen LogP) is 16.5. The second-order valence-corrected chi connectivity index (χ2v) is 15.9. The summed E-state index contributed by atoms with van der Waals surface area (Å²) in [6.45, 7) is 0. The number of rotatable bonds is 7. The Balaban J connectivity index is 1.05. The predicted molar refractivity (Wildman–Crippen MR) is 251 cm³/mol. The van der Waals surface area contributed by atoms with Crippen molar-refractivity contribution in [2.45, 2.75) is 0 Å². The maximum atomic E-state index is 2.45. The molecular weight excluding hydrogens is 719 g/mol. The third-order valence-electron chi connectivity index (χ3n) is 11.5. The minimum Gasteiger partial charge on any atom is -0.309 e. The molecule has 0 saturated carbocycles. The normalized spacial score (nSPS) is 11.4. The third-order valence-corrected chi connectivity index (χ3v) is 12.7. The Morgan fingerprint density at radius 2 is 0.897 bits per heavy atom. The van der Waals surface area contributed by atoms with E-state index < -0.39 is 0 Å². The second-order valence-electron chi connectivity index (χ2n) is 14.9. The van der Waals surface area contributed by atoms with Gasteiger partial charge in [0, 0.05) is 26.8 Å². The van der Waals surface area contributed by atoms with Crippen LogP contribution in [0.5, 0.6) is 0 Å². The van der Waals surface area contributed by atoms with E-state index in [1.54, 1.807) is 0 Å². The van der Waals surface area contributed by atoms with Gasteiger partial charge in [-0.05, 0) is 109 Å². The van der Waals surface area contributed by atoms with Crippen LogP contribution in [0.4, 0.5) is 17.1 Å². The highest BCUT2D eigenvalue weighted by molar-refractivity contribution is 7.26. The molecule has 1 heterocycles. The van der Waals surface area contributed by atoms with Crippen LogP contribution in [-0.2, 0) is 0 Å². The molecule has 11 rings (SSSR count). The first-order chi connectivity index (χ1) is 28.8. The van der Waals surface area contributed by atoms with E-state index >= 15 is 0 Å². The highest BCUT2D eigenvalue weighted by Crippen LogP contribution is 2.46. The molecule has 0 aliphatic heterocycles. The van der Waals surface area contributed by atoms with Crippen LogP contribution in [0, 0.1) is 0 Å². The van der Waals surface area contributed by atoms with Gasteiger partial charge in [0.1, 0.15) is 0 Å². The molecule has 0 aliphatic carbocycles. The Bertz CT molecular complexity index is 3270. The first-order valence-corrected chi connectivity index (χ1v) is 20.7. The first-order valence-electron chi connectivity index (χ1n) is 19.8. The molecule has 2 heteroatoms. The number of hydrogen-bond acceptors (Lipinski definition) is 2. The molecule has 0 spiro atoms. The minimum atomic E-state index is 1.11. The van der Waals surface area contributed by atoms with Crippen molar-refractivity contribution in [3.8, 4) is 44.5 Å². The van der Waals surface area contributed by atoms with E-state index in [2.05, 4.69) is 229 Å². The lowest BCUT2D eigenvalue weighted by atomic mass is 9.91. The Labute approximate surface area is 342 Å². The SMILES string of the molecule is c1ccc(-c2cccc3cc(-c4ccc(N(c5cccc(-c6cccc7cccc(-c8ccccc8)c67)c5)c5cccc6c5sc5ccccc56)cc4)ccc23)cc1. The smallest absolute Gasteiger partial charge is 0.0640 e. The molecule has 10 aromatic carbocycles. The highest BCUT2D eigenvalue weighted by atomic mass is 32.1. The van der Waals surface area contributed by atoms with Crippen molar-refractivity contribution in [3.05, 3.63) is 224 Å². The number of benzene rings is 10. The lowest BCUT2D eigenvalue weighted by molar-refractivity contribution is 1.30. The molecule has 0 saturated heterocycles. The summed E-state index contributed by atoms with van der Waals surface area (Å²) in [4.78, 5) is 2.45. The summed E-state index contributed by atoms with van der Waals surface area (Å²) >= 11 is 1.87. The lowest BCUT2D eigenvalue weighted by Crippen LogP contribution is -2.10. The molecule has 0 amide bonds. The molecule has 1 nitrogen and oxygen atoms in total. The maximum absolute atomic E-state index is 2.45. The van der Waals surface area contributed by atoms with Crippen LogP contribution in [0.1, 0.15) is 0 Å². The van der Waals surface area contributed by atoms with Gasteiger partial charge in [0.05, 0.1) is 10.4 Å². The minimum absolute atomic E-state index is 1.11. The van der Waals surface area contributed by atoms with E-state index in [1.807, 2.05) is 11.3 Å². The van der Waals surface area contributed by atoms with E-state index in [0.717, 1.165) is 11.4 Å². The number of fused-ring (bicyclic) bond motifs is 5. The van der Waals surface area contributed by atoms with Gasteiger partial charge in [-0.15, -0.1) is 11.3 Å². The fourth-order valence-electron chi connectivity index (χ4n) is 8.72. The van der Waals surface area contributed by atoms with Crippen LogP contribution in [0.25, 0.3) is 86.2 Å². The zero-order valence-electron chi connectivity index (χ0n) is 31.7. The highest BCUT2D eigenvalue weighted by Gasteiger charge is 2.20. The van der Waals surface area contributed by atoms with E-state index in [0.29, 0.717) is 0 Å². The number of hydrogen-bond donors (Lipinski definition) is 0. The molecule has 11 aromatic rings. The standard InChI is InChI=1S/C56H37NS/c1-3-14-39(15-4-1)47-24-12-21-43-36-42(32-35-48(43)47)38-30-33-45(34-31-38)57(53-28-13-27-52-51-23-7-8-29-54(51)58-56(52)53)46-22-9-20-44(37-46)50-26-11-19-41-18-10-25-49(55(41)50)40-16-5-2-6-17-40/h1-37H. The maximum Gasteiger partial charge on any atom is 0.0640 e. The van der Waals surface area contributed by atoms with Crippen molar-refractivity contribution in [1.82, 2.24) is 0 Å². The largest absolute Gasteiger partial charge is 0.309 e. The average Bonchev–Trinajstić information content (AvgIpc) is 3.69. The number of anilines is 3. The monoisotopic (exact) mass is 755 g/mol. The molecule has 0 atom stereocenters. The van der Waals surface area contributed by atoms with Gasteiger partial charge in [0.25, 0.3) is 0 Å². The third kappa shape index (κ3) is 5.94. The molecule has 0 bridgehead atoms. The van der Waals surface area contributed by atoms with E-state index in [9.17, 15) is 0 Å². The van der Waals surface area contributed by atoms with Crippen LogP contribution >= 0.6 is 11.3 Å². The zero-order chi connectivity index (χ0) is 38.4. The second kappa shape index (κ2) is 14.4. The van der Waals surface area contributed by atoms with Crippen LogP contribution in [0.15, 0.2) is 224 Å². The summed E-state index contributed by atoms with van der Waals surface area (Å²) in [5, 5.41) is 7.58. The summed E-state index contributed by atoms with van der Waals surface area (Å²) < 4.78 is 2.57. The summed E-state index contributed by atoms with van der Waals surface area (Å²) in [5.41, 5.74) is 13.2. The molecule has 1 aromatic heterocycles. The summed E-state index contributed by atoms with van der Waals surface area (Å²) in [7, 11) is 0. The van der Waals surface area contributed by atoms with Crippen LogP contribution in [0.2, 0.25) is 0 Å². The van der Waals surface area contributed by atoms with Gasteiger partial charge in [0.2, 0.25) is 0 Å². The Morgan fingerprint density at radius 1 is 0.310 bits per heavy atom. The Morgan fingerprint density at radius 3 is 1.67 bits per heavy atom. The first kappa shape index (κ1) is 34.0. The van der Waals surface area contributed by atoms with Gasteiger partial charge in [-0.1, -0.05) is 182 Å². The summed E-state index contributed by atoms with van der Waals surface area (Å²) in [5.74, 6) is 0. The quantitative estimate of drug-likeness (QED) is 0.157. The zero-order valence-corrected chi connectivity index (χ0v) is 32.5. The summed E-state index contributed by atoms with van der Waals surface area (Å²) in [6.07, 6.45) is 0. The van der Waals surface area contributed by atoms with E-state index in [1.165, 1.54) is 91.9 Å². The topological polar surface area (TPSA) is 3.24 Å². The molecule has 58 heavy (non-hydrogen) atoms. The molecule has 0 aliphatic rings. The van der Waals surface area contributed by atoms with E-state index in [4.69, 9.17) is 0 Å². The van der Waals surface area contributed by atoms with Gasteiger partial charge >= 0.3 is 0 Å². The molecule has 272 valence electrons. The van der Waals surface area contributed by atoms with Crippen molar-refractivity contribution in [3.63, 3.8) is 0 Å². The van der Waals surface area contributed by atoms with Crippen LogP contribution < -0.4 is 4.90 Å². The lowest BCUT2D eigenvalue weighted by Gasteiger charge is -2.27. The number of nitrogens with zero attached hydrogens (tertiary/aromatic N) is 1. The van der Waals surface area contributed by atoms with Crippen LogP contribution in [-0.4, -0.2) is 0 Å². The van der Waals surface area contributed by atoms with Gasteiger partial charge in [-0.25, -0.2) is 0 Å². The number of thiophene rings is 1. The molecule has 0 unspecified atom stereocenters. The van der Waals surface area contributed by atoms with Crippen LogP contribution in [0.3, 0.4) is 0 Å². The Kier molecular flexibility index (Phi) is 8.42. The average molecular weight is 756 g/mol. The molecule has 0 fully saturated rings. The summed E-state index contributed by atoms with van der Waals surface area (Å²) in [6, 6.07) is 81.9. The van der Waals surface area contributed by atoms with Crippen molar-refractivity contribution in [2.24, 2.45) is 0 Å². The van der Waals surface area contributed by atoms with Gasteiger partial charge < -0.3 is 4.90 Å². The molecular formula is C56H37NS. The fraction of sp³-hybridized carbons (Fsp3) is 0.